The number of Topliss-reactive ketones (excluding diaryl/α,β-unsaturated/α-hetero) is 1. The van der Waals surface area contributed by atoms with Crippen molar-refractivity contribution in [1.82, 2.24) is 5.32 Å². The van der Waals surface area contributed by atoms with E-state index in [-0.39, 0.29) is 17.9 Å². The van der Waals surface area contributed by atoms with Crippen LogP contribution in [0.2, 0.25) is 0 Å². The molecule has 0 radical (unpaired) electrons. The summed E-state index contributed by atoms with van der Waals surface area (Å²) in [6, 6.07) is 17.3. The normalized spacial score (nSPS) is 13.4. The number of carbonyl (C=O) groups excluding carboxylic acids is 1. The van der Waals surface area contributed by atoms with Crippen molar-refractivity contribution < 1.29 is 9.53 Å². The number of ketones is 1. The fraction of sp³-hybridized carbons (Fsp3) is 0.316. The topological polar surface area (TPSA) is 38.3 Å². The Kier molecular flexibility index (Phi) is 5.73. The molecular weight excluding hydrogens is 274 g/mol. The Balaban J connectivity index is 2.09. The Hall–Kier alpha value is -2.13. The summed E-state index contributed by atoms with van der Waals surface area (Å²) >= 11 is 0. The van der Waals surface area contributed by atoms with E-state index in [4.69, 9.17) is 4.74 Å². The first-order chi connectivity index (χ1) is 10.6. The van der Waals surface area contributed by atoms with Crippen molar-refractivity contribution in [3.8, 4) is 5.75 Å². The molecule has 3 heteroatoms. The molecule has 0 amide bonds. The average molecular weight is 297 g/mol. The molecule has 0 heterocycles. The van der Waals surface area contributed by atoms with Crippen molar-refractivity contribution in [1.29, 1.82) is 0 Å². The Morgan fingerprint density at radius 3 is 2.36 bits per heavy atom. The zero-order chi connectivity index (χ0) is 15.9. The molecule has 0 bridgehead atoms. The van der Waals surface area contributed by atoms with Gasteiger partial charge in [0.05, 0.1) is 18.2 Å². The quantitative estimate of drug-likeness (QED) is 0.785. The number of hydrogen-bond donors (Lipinski definition) is 1. The molecule has 3 nitrogen and oxygen atoms in total. The first-order valence-corrected chi connectivity index (χ1v) is 7.70. The predicted octanol–water partition coefficient (Wildman–Crippen LogP) is 4.01. The number of benzene rings is 2. The van der Waals surface area contributed by atoms with Crippen LogP contribution in [0.5, 0.6) is 5.75 Å². The van der Waals surface area contributed by atoms with Gasteiger partial charge in [0.25, 0.3) is 0 Å². The fourth-order valence-electron chi connectivity index (χ4n) is 2.47. The van der Waals surface area contributed by atoms with Crippen LogP contribution in [0.1, 0.15) is 42.7 Å². The van der Waals surface area contributed by atoms with Crippen molar-refractivity contribution in [3.63, 3.8) is 0 Å². The van der Waals surface area contributed by atoms with Crippen LogP contribution in [0.15, 0.2) is 54.6 Å². The van der Waals surface area contributed by atoms with Crippen LogP contribution in [0.25, 0.3) is 0 Å². The molecular formula is C19H23NO2. The third kappa shape index (κ3) is 3.95. The smallest absolute Gasteiger partial charge is 0.183 e. The molecule has 2 aromatic carbocycles. The van der Waals surface area contributed by atoms with E-state index >= 15 is 0 Å². The summed E-state index contributed by atoms with van der Waals surface area (Å²) in [6.45, 7) is 6.42. The lowest BCUT2D eigenvalue weighted by Gasteiger charge is -2.20. The second kappa shape index (κ2) is 7.76. The van der Waals surface area contributed by atoms with Gasteiger partial charge in [-0.15, -0.1) is 0 Å². The van der Waals surface area contributed by atoms with Gasteiger partial charge in [-0.3, -0.25) is 4.79 Å². The summed E-state index contributed by atoms with van der Waals surface area (Å²) in [5.74, 6) is 0.697. The Bertz CT molecular complexity index is 610. The second-order valence-electron chi connectivity index (χ2n) is 5.31. The molecule has 0 aromatic heterocycles. The maximum atomic E-state index is 12.7. The van der Waals surface area contributed by atoms with E-state index in [9.17, 15) is 4.79 Å². The van der Waals surface area contributed by atoms with Crippen molar-refractivity contribution in [3.05, 3.63) is 65.7 Å². The maximum Gasteiger partial charge on any atom is 0.183 e. The summed E-state index contributed by atoms with van der Waals surface area (Å²) in [4.78, 5) is 12.7. The van der Waals surface area contributed by atoms with Gasteiger partial charge in [0.1, 0.15) is 5.75 Å². The molecule has 2 rings (SSSR count). The summed E-state index contributed by atoms with van der Waals surface area (Å²) < 4.78 is 5.55. The largest absolute Gasteiger partial charge is 0.493 e. The average Bonchev–Trinajstić information content (AvgIpc) is 2.55. The van der Waals surface area contributed by atoms with Gasteiger partial charge in [0.2, 0.25) is 0 Å². The monoisotopic (exact) mass is 297 g/mol. The molecule has 2 atom stereocenters. The summed E-state index contributed by atoms with van der Waals surface area (Å²) in [5.41, 5.74) is 1.80. The van der Waals surface area contributed by atoms with E-state index in [1.165, 1.54) is 5.56 Å². The van der Waals surface area contributed by atoms with Gasteiger partial charge in [0.15, 0.2) is 5.78 Å². The third-order valence-electron chi connectivity index (χ3n) is 3.65. The van der Waals surface area contributed by atoms with Crippen molar-refractivity contribution in [2.45, 2.75) is 32.9 Å². The SMILES string of the molecule is CCOc1ccccc1C(=O)C(C)NC(C)c1ccccc1. The van der Waals surface area contributed by atoms with Crippen LogP contribution in [-0.4, -0.2) is 18.4 Å². The lowest BCUT2D eigenvalue weighted by atomic mass is 10.0. The molecule has 1 N–H and O–H groups in total. The maximum absolute atomic E-state index is 12.7. The number of ether oxygens (including phenoxy) is 1. The first kappa shape index (κ1) is 16.2. The Morgan fingerprint density at radius 2 is 1.68 bits per heavy atom. The lowest BCUT2D eigenvalue weighted by Crippen LogP contribution is -2.36. The Labute approximate surface area is 132 Å². The highest BCUT2D eigenvalue weighted by Gasteiger charge is 2.20. The Morgan fingerprint density at radius 1 is 1.05 bits per heavy atom. The van der Waals surface area contributed by atoms with Crippen molar-refractivity contribution in [2.75, 3.05) is 6.61 Å². The van der Waals surface area contributed by atoms with Gasteiger partial charge in [-0.1, -0.05) is 42.5 Å². The van der Waals surface area contributed by atoms with Gasteiger partial charge >= 0.3 is 0 Å². The zero-order valence-corrected chi connectivity index (χ0v) is 13.4. The highest BCUT2D eigenvalue weighted by atomic mass is 16.5. The highest BCUT2D eigenvalue weighted by Crippen LogP contribution is 2.21. The minimum atomic E-state index is -0.281. The number of carbonyl (C=O) groups is 1. The number of nitrogens with one attached hydrogen (secondary N) is 1. The minimum Gasteiger partial charge on any atom is -0.493 e. The molecule has 0 spiro atoms. The molecule has 0 aliphatic carbocycles. The number of hydrogen-bond acceptors (Lipinski definition) is 3. The van der Waals surface area contributed by atoms with E-state index in [0.717, 1.165) is 0 Å². The van der Waals surface area contributed by atoms with Crippen LogP contribution < -0.4 is 10.1 Å². The molecule has 0 saturated heterocycles. The molecule has 2 unspecified atom stereocenters. The van der Waals surface area contributed by atoms with Gasteiger partial charge < -0.3 is 10.1 Å². The zero-order valence-electron chi connectivity index (χ0n) is 13.4. The van der Waals surface area contributed by atoms with E-state index in [0.29, 0.717) is 17.9 Å². The van der Waals surface area contributed by atoms with Crippen molar-refractivity contribution in [2.24, 2.45) is 0 Å². The van der Waals surface area contributed by atoms with Crippen molar-refractivity contribution >= 4 is 5.78 Å². The van der Waals surface area contributed by atoms with Gasteiger partial charge in [-0.2, -0.15) is 0 Å². The second-order valence-corrected chi connectivity index (χ2v) is 5.31. The van der Waals surface area contributed by atoms with Crippen LogP contribution in [0.4, 0.5) is 0 Å². The minimum absolute atomic E-state index is 0.0480. The van der Waals surface area contributed by atoms with Crippen LogP contribution >= 0.6 is 0 Å². The fourth-order valence-corrected chi connectivity index (χ4v) is 2.47. The van der Waals surface area contributed by atoms with Crippen LogP contribution in [0, 0.1) is 0 Å². The molecule has 0 fully saturated rings. The van der Waals surface area contributed by atoms with E-state index in [1.54, 1.807) is 0 Å². The van der Waals surface area contributed by atoms with Gasteiger partial charge in [0, 0.05) is 6.04 Å². The van der Waals surface area contributed by atoms with Crippen LogP contribution in [-0.2, 0) is 0 Å². The van der Waals surface area contributed by atoms with Crippen LogP contribution in [0.3, 0.4) is 0 Å². The molecule has 0 aliphatic rings. The third-order valence-corrected chi connectivity index (χ3v) is 3.65. The lowest BCUT2D eigenvalue weighted by molar-refractivity contribution is 0.0941. The standard InChI is InChI=1S/C19H23NO2/c1-4-22-18-13-9-8-12-17(18)19(21)15(3)20-14(2)16-10-6-5-7-11-16/h5-15,20H,4H2,1-3H3. The van der Waals surface area contributed by atoms with E-state index < -0.39 is 0 Å². The summed E-state index contributed by atoms with van der Waals surface area (Å²) in [6.07, 6.45) is 0. The first-order valence-electron chi connectivity index (χ1n) is 7.70. The molecule has 116 valence electrons. The summed E-state index contributed by atoms with van der Waals surface area (Å²) in [7, 11) is 0. The van der Waals surface area contributed by atoms with Gasteiger partial charge in [-0.05, 0) is 38.5 Å². The molecule has 0 saturated carbocycles. The number of rotatable bonds is 7. The van der Waals surface area contributed by atoms with Gasteiger partial charge in [-0.25, -0.2) is 0 Å². The molecule has 2 aromatic rings. The predicted molar refractivity (Wildman–Crippen MR) is 89.4 cm³/mol. The number of para-hydroxylation sites is 1. The van der Waals surface area contributed by atoms with E-state index in [1.807, 2.05) is 56.3 Å². The molecule has 0 aliphatic heterocycles. The highest BCUT2D eigenvalue weighted by molar-refractivity contribution is 6.02. The van der Waals surface area contributed by atoms with E-state index in [2.05, 4.69) is 24.4 Å². The molecule has 22 heavy (non-hydrogen) atoms. The summed E-state index contributed by atoms with van der Waals surface area (Å²) in [5, 5.41) is 3.36.